The first-order valence-corrected chi connectivity index (χ1v) is 4.83. The van der Waals surface area contributed by atoms with Crippen LogP contribution >= 0.6 is 0 Å². The quantitative estimate of drug-likeness (QED) is 0.543. The van der Waals surface area contributed by atoms with E-state index in [1.54, 1.807) is 11.1 Å². The molecule has 0 heteroatoms. The van der Waals surface area contributed by atoms with Gasteiger partial charge in [-0.25, -0.2) is 0 Å². The van der Waals surface area contributed by atoms with Gasteiger partial charge in [0.2, 0.25) is 0 Å². The molecular formula is C12H13. The van der Waals surface area contributed by atoms with Crippen molar-refractivity contribution in [2.24, 2.45) is 0 Å². The second kappa shape index (κ2) is 2.12. The summed E-state index contributed by atoms with van der Waals surface area (Å²) in [6.45, 7) is 0. The molecule has 0 aromatic heterocycles. The van der Waals surface area contributed by atoms with Gasteiger partial charge in [-0.3, -0.25) is 0 Å². The summed E-state index contributed by atoms with van der Waals surface area (Å²) in [4.78, 5) is 0. The highest BCUT2D eigenvalue weighted by Gasteiger charge is 2.46. The molecule has 3 rings (SSSR count). The maximum atomic E-state index is 2.54. The van der Waals surface area contributed by atoms with Crippen molar-refractivity contribution < 1.29 is 0 Å². The molecule has 1 aromatic carbocycles. The summed E-state index contributed by atoms with van der Waals surface area (Å²) < 4.78 is 0. The van der Waals surface area contributed by atoms with Crippen molar-refractivity contribution in [1.29, 1.82) is 0 Å². The molecule has 61 valence electrons. The van der Waals surface area contributed by atoms with E-state index in [-0.39, 0.29) is 0 Å². The van der Waals surface area contributed by atoms with E-state index in [9.17, 15) is 0 Å². The molecule has 0 atom stereocenters. The lowest BCUT2D eigenvalue weighted by Crippen LogP contribution is -2.16. The molecule has 1 spiro atoms. The Morgan fingerprint density at radius 2 is 1.92 bits per heavy atom. The largest absolute Gasteiger partial charge is 0.0620 e. The molecule has 0 bridgehead atoms. The van der Waals surface area contributed by atoms with Gasteiger partial charge in [0.15, 0.2) is 0 Å². The molecule has 1 aromatic rings. The lowest BCUT2D eigenvalue weighted by atomic mass is 9.80. The van der Waals surface area contributed by atoms with E-state index in [4.69, 9.17) is 0 Å². The molecule has 0 nitrogen and oxygen atoms in total. The van der Waals surface area contributed by atoms with Gasteiger partial charge in [-0.05, 0) is 48.6 Å². The van der Waals surface area contributed by atoms with Crippen LogP contribution in [0.3, 0.4) is 0 Å². The van der Waals surface area contributed by atoms with Crippen LogP contribution in [0.25, 0.3) is 0 Å². The summed E-state index contributed by atoms with van der Waals surface area (Å²) in [5.41, 5.74) is 3.75. The fraction of sp³-hybridized carbons (Fsp3) is 0.417. The topological polar surface area (TPSA) is 0 Å². The maximum absolute atomic E-state index is 2.54. The van der Waals surface area contributed by atoms with Crippen molar-refractivity contribution in [1.82, 2.24) is 0 Å². The zero-order valence-corrected chi connectivity index (χ0v) is 7.22. The third kappa shape index (κ3) is 0.782. The van der Waals surface area contributed by atoms with Crippen LogP contribution in [0.2, 0.25) is 0 Å². The zero-order valence-electron chi connectivity index (χ0n) is 7.22. The van der Waals surface area contributed by atoms with E-state index in [0.29, 0.717) is 5.41 Å². The Morgan fingerprint density at radius 3 is 2.75 bits per heavy atom. The lowest BCUT2D eigenvalue weighted by Gasteiger charge is -2.24. The number of benzene rings is 1. The minimum Gasteiger partial charge on any atom is -0.0620 e. The van der Waals surface area contributed by atoms with E-state index in [0.717, 1.165) is 0 Å². The average Bonchev–Trinajstić information content (AvgIpc) is 2.87. The minimum absolute atomic E-state index is 0.537. The smallest absolute Gasteiger partial charge is 0.00123 e. The van der Waals surface area contributed by atoms with Crippen LogP contribution in [0, 0.1) is 6.42 Å². The van der Waals surface area contributed by atoms with E-state index in [1.165, 1.54) is 25.7 Å². The van der Waals surface area contributed by atoms with E-state index >= 15 is 0 Å². The number of hydrogen-bond donors (Lipinski definition) is 0. The molecule has 1 fully saturated rings. The molecule has 0 N–H and O–H groups in total. The highest BCUT2D eigenvalue weighted by Crippen LogP contribution is 2.54. The van der Waals surface area contributed by atoms with Gasteiger partial charge in [0.05, 0.1) is 0 Å². The van der Waals surface area contributed by atoms with Gasteiger partial charge in [0.25, 0.3) is 0 Å². The summed E-state index contributed by atoms with van der Waals surface area (Å²) in [6, 6.07) is 8.96. The maximum Gasteiger partial charge on any atom is -0.00123 e. The first-order chi connectivity index (χ1) is 5.91. The van der Waals surface area contributed by atoms with Gasteiger partial charge in [0.1, 0.15) is 0 Å². The Kier molecular flexibility index (Phi) is 1.19. The molecule has 0 unspecified atom stereocenters. The monoisotopic (exact) mass is 157 g/mol. The average molecular weight is 157 g/mol. The first kappa shape index (κ1) is 6.71. The standard InChI is InChI=1S/C12H13/c1-2-6-11-10(4-1)5-3-7-12(11)8-9-12/h1-2,4,6-7H,3,5,8-9H2. The zero-order chi connectivity index (χ0) is 8.02. The summed E-state index contributed by atoms with van der Waals surface area (Å²) in [7, 11) is 0. The number of aryl methyl sites for hydroxylation is 1. The second-order valence-corrected chi connectivity index (χ2v) is 4.06. The lowest BCUT2D eigenvalue weighted by molar-refractivity contribution is 0.680. The Bertz CT molecular complexity index is 308. The van der Waals surface area contributed by atoms with Gasteiger partial charge in [-0.15, -0.1) is 0 Å². The van der Waals surface area contributed by atoms with Crippen molar-refractivity contribution in [3.8, 4) is 0 Å². The summed E-state index contributed by atoms with van der Waals surface area (Å²) in [5, 5.41) is 0. The van der Waals surface area contributed by atoms with Crippen LogP contribution < -0.4 is 0 Å². The SMILES string of the molecule is [CH]1CCc2ccccc2C12CC2. The third-order valence-electron chi connectivity index (χ3n) is 3.29. The number of rotatable bonds is 0. The van der Waals surface area contributed by atoms with Gasteiger partial charge < -0.3 is 0 Å². The predicted octanol–water partition coefficient (Wildman–Crippen LogP) is 2.87. The number of fused-ring (bicyclic) bond motifs is 2. The Morgan fingerprint density at radius 1 is 1.08 bits per heavy atom. The first-order valence-electron chi connectivity index (χ1n) is 4.83. The molecule has 0 aliphatic heterocycles. The normalized spacial score (nSPS) is 23.7. The summed E-state index contributed by atoms with van der Waals surface area (Å²) >= 11 is 0. The van der Waals surface area contributed by atoms with Crippen molar-refractivity contribution in [3.05, 3.63) is 41.8 Å². The molecule has 0 amide bonds. The van der Waals surface area contributed by atoms with Crippen molar-refractivity contribution in [2.75, 3.05) is 0 Å². The highest BCUT2D eigenvalue weighted by molar-refractivity contribution is 5.44. The van der Waals surface area contributed by atoms with Crippen LogP contribution in [0.1, 0.15) is 30.4 Å². The van der Waals surface area contributed by atoms with E-state index in [1.807, 2.05) is 0 Å². The fourth-order valence-electron chi connectivity index (χ4n) is 2.45. The summed E-state index contributed by atoms with van der Waals surface area (Å²) in [5.74, 6) is 0. The Labute approximate surface area is 73.6 Å². The molecule has 0 heterocycles. The predicted molar refractivity (Wildman–Crippen MR) is 50.0 cm³/mol. The van der Waals surface area contributed by atoms with Gasteiger partial charge in [0, 0.05) is 0 Å². The van der Waals surface area contributed by atoms with Crippen LogP contribution in [0.15, 0.2) is 24.3 Å². The van der Waals surface area contributed by atoms with Crippen molar-refractivity contribution in [2.45, 2.75) is 31.1 Å². The molecule has 1 radical (unpaired) electrons. The molecule has 2 aliphatic rings. The third-order valence-corrected chi connectivity index (χ3v) is 3.29. The molecule has 12 heavy (non-hydrogen) atoms. The Hall–Kier alpha value is -0.780. The van der Waals surface area contributed by atoms with Gasteiger partial charge in [-0.1, -0.05) is 24.3 Å². The Balaban J connectivity index is 2.16. The van der Waals surface area contributed by atoms with Crippen LogP contribution in [-0.4, -0.2) is 0 Å². The second-order valence-electron chi connectivity index (χ2n) is 4.06. The van der Waals surface area contributed by atoms with Crippen LogP contribution in [0.4, 0.5) is 0 Å². The van der Waals surface area contributed by atoms with E-state index < -0.39 is 0 Å². The van der Waals surface area contributed by atoms with Crippen molar-refractivity contribution >= 4 is 0 Å². The van der Waals surface area contributed by atoms with Crippen LogP contribution in [0.5, 0.6) is 0 Å². The van der Waals surface area contributed by atoms with Gasteiger partial charge in [-0.2, -0.15) is 0 Å². The van der Waals surface area contributed by atoms with Crippen LogP contribution in [-0.2, 0) is 11.8 Å². The van der Waals surface area contributed by atoms with Gasteiger partial charge >= 0.3 is 0 Å². The highest BCUT2D eigenvalue weighted by atomic mass is 14.5. The molecule has 1 saturated carbocycles. The molecule has 2 aliphatic carbocycles. The fourth-order valence-corrected chi connectivity index (χ4v) is 2.45. The molecule has 0 saturated heterocycles. The van der Waals surface area contributed by atoms with Crippen molar-refractivity contribution in [3.63, 3.8) is 0 Å². The summed E-state index contributed by atoms with van der Waals surface area (Å²) in [6.07, 6.45) is 7.87. The van der Waals surface area contributed by atoms with E-state index in [2.05, 4.69) is 30.7 Å². The minimum atomic E-state index is 0.537. The molecular weight excluding hydrogens is 144 g/mol. The number of hydrogen-bond acceptors (Lipinski definition) is 0.